The molecule has 3 heterocycles. The van der Waals surface area contributed by atoms with E-state index < -0.39 is 12.2 Å². The van der Waals surface area contributed by atoms with Crippen LogP contribution in [0, 0.1) is 5.92 Å². The van der Waals surface area contributed by atoms with E-state index in [1.165, 1.54) is 18.5 Å². The Labute approximate surface area is 184 Å². The SMILES string of the molecule is C[C@@H]1CN(C(=O)OC(C)(C)C)CCC[C@@H]1Oc1cncc(Nc2cc(OC(F)F)[nH]n2)n1. The van der Waals surface area contributed by atoms with E-state index >= 15 is 0 Å². The number of carbonyl (C=O) groups excluding carboxylic acids is 1. The van der Waals surface area contributed by atoms with E-state index in [4.69, 9.17) is 9.47 Å². The van der Waals surface area contributed by atoms with Crippen LogP contribution in [0.5, 0.6) is 11.8 Å². The fourth-order valence-electron chi connectivity index (χ4n) is 3.27. The van der Waals surface area contributed by atoms with Crippen LogP contribution in [0.2, 0.25) is 0 Å². The number of nitrogens with one attached hydrogen (secondary N) is 2. The predicted molar refractivity (Wildman–Crippen MR) is 111 cm³/mol. The third-order valence-electron chi connectivity index (χ3n) is 4.62. The number of amides is 1. The molecule has 176 valence electrons. The molecule has 0 radical (unpaired) electrons. The number of alkyl halides is 2. The number of aromatic amines is 1. The van der Waals surface area contributed by atoms with Crippen molar-refractivity contribution in [2.75, 3.05) is 18.4 Å². The smallest absolute Gasteiger partial charge is 0.410 e. The lowest BCUT2D eigenvalue weighted by Crippen LogP contribution is -2.40. The third-order valence-corrected chi connectivity index (χ3v) is 4.62. The second kappa shape index (κ2) is 9.96. The monoisotopic (exact) mass is 454 g/mol. The summed E-state index contributed by atoms with van der Waals surface area (Å²) in [5, 5.41) is 9.03. The van der Waals surface area contributed by atoms with Crippen molar-refractivity contribution < 1.29 is 27.8 Å². The van der Waals surface area contributed by atoms with Crippen LogP contribution in [0.3, 0.4) is 0 Å². The van der Waals surface area contributed by atoms with Gasteiger partial charge >= 0.3 is 12.7 Å². The molecule has 2 aromatic rings. The van der Waals surface area contributed by atoms with Gasteiger partial charge in [0.15, 0.2) is 11.6 Å². The minimum atomic E-state index is -2.95. The molecule has 1 aliphatic rings. The van der Waals surface area contributed by atoms with Gasteiger partial charge in [-0.15, -0.1) is 0 Å². The molecule has 0 aromatic carbocycles. The number of hydrogen-bond acceptors (Lipinski definition) is 8. The van der Waals surface area contributed by atoms with E-state index in [0.29, 0.717) is 24.8 Å². The molecule has 2 N–H and O–H groups in total. The number of halogens is 2. The second-order valence-electron chi connectivity index (χ2n) is 8.57. The summed E-state index contributed by atoms with van der Waals surface area (Å²) in [4.78, 5) is 22.6. The molecule has 12 heteroatoms. The number of rotatable bonds is 6. The highest BCUT2D eigenvalue weighted by molar-refractivity contribution is 5.68. The molecule has 1 aliphatic heterocycles. The summed E-state index contributed by atoms with van der Waals surface area (Å²) < 4.78 is 40.3. The molecule has 1 fully saturated rings. The Balaban J connectivity index is 1.60. The minimum absolute atomic E-state index is 0.0452. The zero-order chi connectivity index (χ0) is 23.3. The molecule has 2 atom stereocenters. The molecule has 0 unspecified atom stereocenters. The highest BCUT2D eigenvalue weighted by Crippen LogP contribution is 2.24. The Bertz CT molecular complexity index is 904. The van der Waals surface area contributed by atoms with E-state index in [1.807, 2.05) is 27.7 Å². The largest absolute Gasteiger partial charge is 0.473 e. The average Bonchev–Trinajstić information content (AvgIpc) is 3.02. The quantitative estimate of drug-likeness (QED) is 0.674. The Morgan fingerprint density at radius 1 is 1.31 bits per heavy atom. The summed E-state index contributed by atoms with van der Waals surface area (Å²) in [6, 6.07) is 1.28. The number of likely N-dealkylation sites (tertiary alicyclic amines) is 1. The Morgan fingerprint density at radius 3 is 2.81 bits per heavy atom. The number of H-pyrrole nitrogens is 1. The average molecular weight is 454 g/mol. The van der Waals surface area contributed by atoms with Gasteiger partial charge in [0.1, 0.15) is 11.7 Å². The molecule has 0 bridgehead atoms. The minimum Gasteiger partial charge on any atom is -0.473 e. The molecule has 3 rings (SSSR count). The van der Waals surface area contributed by atoms with Crippen LogP contribution in [-0.2, 0) is 4.74 Å². The number of anilines is 2. The van der Waals surface area contributed by atoms with Gasteiger partial charge < -0.3 is 24.4 Å². The van der Waals surface area contributed by atoms with E-state index in [-0.39, 0.29) is 29.8 Å². The molecule has 32 heavy (non-hydrogen) atoms. The number of ether oxygens (including phenoxy) is 3. The summed E-state index contributed by atoms with van der Waals surface area (Å²) in [7, 11) is 0. The second-order valence-corrected chi connectivity index (χ2v) is 8.57. The van der Waals surface area contributed by atoms with Crippen LogP contribution in [0.1, 0.15) is 40.5 Å². The number of hydrogen-bond donors (Lipinski definition) is 2. The summed E-state index contributed by atoms with van der Waals surface area (Å²) in [5.41, 5.74) is -0.549. The molecule has 0 saturated carbocycles. The first-order valence-corrected chi connectivity index (χ1v) is 10.3. The Kier molecular flexibility index (Phi) is 7.31. The van der Waals surface area contributed by atoms with Gasteiger partial charge in [-0.25, -0.2) is 9.89 Å². The topological polar surface area (TPSA) is 114 Å². The zero-order valence-corrected chi connectivity index (χ0v) is 18.5. The molecule has 1 amide bonds. The maximum absolute atomic E-state index is 12.4. The molecular formula is C20H28F2N6O4. The first-order valence-electron chi connectivity index (χ1n) is 10.3. The van der Waals surface area contributed by atoms with Gasteiger partial charge in [0.2, 0.25) is 11.8 Å². The molecule has 0 aliphatic carbocycles. The number of nitrogens with zero attached hydrogens (tertiary/aromatic N) is 4. The summed E-state index contributed by atoms with van der Waals surface area (Å²) in [6.45, 7) is 5.68. The van der Waals surface area contributed by atoms with Crippen molar-refractivity contribution in [3.8, 4) is 11.8 Å². The van der Waals surface area contributed by atoms with Crippen molar-refractivity contribution >= 4 is 17.7 Å². The van der Waals surface area contributed by atoms with E-state index in [2.05, 4.69) is 30.2 Å². The number of aromatic nitrogens is 4. The Hall–Kier alpha value is -3.18. The van der Waals surface area contributed by atoms with E-state index in [9.17, 15) is 13.6 Å². The van der Waals surface area contributed by atoms with Gasteiger partial charge in [-0.3, -0.25) is 4.98 Å². The summed E-state index contributed by atoms with van der Waals surface area (Å²) in [6.07, 6.45) is 3.96. The fourth-order valence-corrected chi connectivity index (χ4v) is 3.27. The van der Waals surface area contributed by atoms with Crippen molar-refractivity contribution in [1.82, 2.24) is 25.1 Å². The van der Waals surface area contributed by atoms with Crippen molar-refractivity contribution in [3.05, 3.63) is 18.5 Å². The van der Waals surface area contributed by atoms with Crippen LogP contribution in [-0.4, -0.2) is 62.6 Å². The third kappa shape index (κ3) is 6.92. The van der Waals surface area contributed by atoms with Gasteiger partial charge in [-0.1, -0.05) is 6.92 Å². The molecular weight excluding hydrogens is 426 g/mol. The van der Waals surface area contributed by atoms with Crippen molar-refractivity contribution in [1.29, 1.82) is 0 Å². The van der Waals surface area contributed by atoms with E-state index in [1.54, 1.807) is 4.90 Å². The first-order chi connectivity index (χ1) is 15.1. The predicted octanol–water partition coefficient (Wildman–Crippen LogP) is 3.96. The molecule has 1 saturated heterocycles. The van der Waals surface area contributed by atoms with E-state index in [0.717, 1.165) is 12.8 Å². The maximum Gasteiger partial charge on any atom is 0.410 e. The normalized spacial score (nSPS) is 19.4. The lowest BCUT2D eigenvalue weighted by atomic mass is 10.0. The summed E-state index contributed by atoms with van der Waals surface area (Å²) >= 11 is 0. The molecule has 10 nitrogen and oxygen atoms in total. The van der Waals surface area contributed by atoms with Crippen LogP contribution in [0.25, 0.3) is 0 Å². The summed E-state index contributed by atoms with van der Waals surface area (Å²) in [5.74, 6) is 0.739. The van der Waals surface area contributed by atoms with Crippen LogP contribution < -0.4 is 14.8 Å². The van der Waals surface area contributed by atoms with Gasteiger partial charge in [0, 0.05) is 25.1 Å². The van der Waals surface area contributed by atoms with Crippen molar-refractivity contribution in [3.63, 3.8) is 0 Å². The number of carbonyl (C=O) groups is 1. The lowest BCUT2D eigenvalue weighted by molar-refractivity contribution is -0.0528. The van der Waals surface area contributed by atoms with Crippen LogP contribution in [0.15, 0.2) is 18.5 Å². The van der Waals surface area contributed by atoms with Crippen molar-refractivity contribution in [2.24, 2.45) is 5.92 Å². The fraction of sp³-hybridized carbons (Fsp3) is 0.600. The van der Waals surface area contributed by atoms with Gasteiger partial charge in [-0.2, -0.15) is 18.9 Å². The Morgan fingerprint density at radius 2 is 2.09 bits per heavy atom. The van der Waals surface area contributed by atoms with Crippen molar-refractivity contribution in [2.45, 2.75) is 58.9 Å². The van der Waals surface area contributed by atoms with Crippen LogP contribution >= 0.6 is 0 Å². The lowest BCUT2D eigenvalue weighted by Gasteiger charge is -2.28. The standard InChI is InChI=1S/C20H28F2N6O4/c1-12-11-28(19(29)32-20(2,3)4)7-5-6-13(12)30-17-10-23-9-15(25-17)24-14-8-16(27-26-14)31-18(21)22/h8-10,12-13,18H,5-7,11H2,1-4H3,(H2,24,25,26,27)/t12-,13+/m1/s1. The highest BCUT2D eigenvalue weighted by atomic mass is 19.3. The maximum atomic E-state index is 12.4. The van der Waals surface area contributed by atoms with Gasteiger partial charge in [0.05, 0.1) is 12.4 Å². The van der Waals surface area contributed by atoms with Crippen LogP contribution in [0.4, 0.5) is 25.2 Å². The molecule has 2 aromatic heterocycles. The first kappa shape index (κ1) is 23.5. The molecule has 0 spiro atoms. The van der Waals surface area contributed by atoms with Gasteiger partial charge in [-0.05, 0) is 33.6 Å². The highest BCUT2D eigenvalue weighted by Gasteiger charge is 2.30. The zero-order valence-electron chi connectivity index (χ0n) is 18.5. The van der Waals surface area contributed by atoms with Gasteiger partial charge in [0.25, 0.3) is 0 Å².